The van der Waals surface area contributed by atoms with Gasteiger partial charge in [-0.2, -0.15) is 0 Å². The molecule has 2 aromatic rings. The number of benzene rings is 2. The van der Waals surface area contributed by atoms with Crippen molar-refractivity contribution in [2.45, 2.75) is 25.7 Å². The summed E-state index contributed by atoms with van der Waals surface area (Å²) in [5, 5.41) is 2.94. The van der Waals surface area contributed by atoms with Crippen molar-refractivity contribution in [1.29, 1.82) is 0 Å². The molecule has 2 aromatic carbocycles. The molecule has 112 valence electrons. The molecule has 4 heteroatoms. The van der Waals surface area contributed by atoms with Crippen LogP contribution in [0.3, 0.4) is 0 Å². The van der Waals surface area contributed by atoms with E-state index in [1.54, 1.807) is 0 Å². The molecule has 0 saturated heterocycles. The Morgan fingerprint density at radius 3 is 2.59 bits per heavy atom. The molecule has 1 N–H and O–H groups in total. The second-order valence-electron chi connectivity index (χ2n) is 5.69. The van der Waals surface area contributed by atoms with Crippen LogP contribution in [0, 0.1) is 0 Å². The van der Waals surface area contributed by atoms with E-state index in [1.807, 2.05) is 12.1 Å². The van der Waals surface area contributed by atoms with Crippen molar-refractivity contribution in [3.8, 4) is 11.5 Å². The van der Waals surface area contributed by atoms with Crippen molar-refractivity contribution in [2.75, 3.05) is 12.1 Å². The highest BCUT2D eigenvalue weighted by Crippen LogP contribution is 2.44. The van der Waals surface area contributed by atoms with Crippen LogP contribution in [0.5, 0.6) is 11.5 Å². The van der Waals surface area contributed by atoms with Gasteiger partial charge >= 0.3 is 0 Å². The molecular formula is C18H17NO3. The van der Waals surface area contributed by atoms with Crippen LogP contribution in [0.15, 0.2) is 36.4 Å². The Kier molecular flexibility index (Phi) is 3.03. The number of fused-ring (bicyclic) bond motifs is 2. The second kappa shape index (κ2) is 5.05. The van der Waals surface area contributed by atoms with Gasteiger partial charge in [-0.25, -0.2) is 0 Å². The van der Waals surface area contributed by atoms with Crippen LogP contribution in [0.1, 0.15) is 36.0 Å². The predicted molar refractivity (Wildman–Crippen MR) is 83.5 cm³/mol. The highest BCUT2D eigenvalue weighted by Gasteiger charge is 2.29. The number of ether oxygens (including phenoxy) is 2. The van der Waals surface area contributed by atoms with Gasteiger partial charge in [0, 0.05) is 24.1 Å². The van der Waals surface area contributed by atoms with Gasteiger partial charge in [0.1, 0.15) is 0 Å². The molecule has 0 bridgehead atoms. The fraction of sp³-hybridized carbons (Fsp3) is 0.278. The quantitative estimate of drug-likeness (QED) is 0.923. The van der Waals surface area contributed by atoms with Gasteiger partial charge in [0.15, 0.2) is 11.5 Å². The van der Waals surface area contributed by atoms with E-state index in [0.29, 0.717) is 12.2 Å². The first-order valence-electron chi connectivity index (χ1n) is 7.57. The Labute approximate surface area is 129 Å². The zero-order chi connectivity index (χ0) is 15.1. The summed E-state index contributed by atoms with van der Waals surface area (Å²) in [6.45, 7) is 2.38. The molecule has 2 heterocycles. The molecule has 0 radical (unpaired) electrons. The summed E-state index contributed by atoms with van der Waals surface area (Å²) in [7, 11) is 0. The zero-order valence-electron chi connectivity index (χ0n) is 12.4. The first-order valence-corrected chi connectivity index (χ1v) is 7.57. The molecule has 2 aliphatic heterocycles. The minimum absolute atomic E-state index is 0.0379. The summed E-state index contributed by atoms with van der Waals surface area (Å²) in [6, 6.07) is 12.4. The molecule has 4 rings (SSSR count). The van der Waals surface area contributed by atoms with Gasteiger partial charge in [0.2, 0.25) is 12.7 Å². The molecular weight excluding hydrogens is 278 g/mol. The SMILES string of the molecule is CCc1ccc([C@@H]2CC(=O)Nc3cc4c(cc32)OCO4)cc1. The van der Waals surface area contributed by atoms with Gasteiger partial charge in [0.25, 0.3) is 0 Å². The average molecular weight is 295 g/mol. The lowest BCUT2D eigenvalue weighted by Crippen LogP contribution is -2.23. The van der Waals surface area contributed by atoms with Crippen LogP contribution in [0.25, 0.3) is 0 Å². The van der Waals surface area contributed by atoms with Crippen LogP contribution >= 0.6 is 0 Å². The largest absolute Gasteiger partial charge is 0.454 e. The van der Waals surface area contributed by atoms with E-state index in [2.05, 4.69) is 36.5 Å². The predicted octanol–water partition coefficient (Wildman–Crippen LogP) is 3.45. The maximum atomic E-state index is 12.0. The Balaban J connectivity index is 1.79. The molecule has 0 aliphatic carbocycles. The van der Waals surface area contributed by atoms with Crippen molar-refractivity contribution < 1.29 is 14.3 Å². The van der Waals surface area contributed by atoms with Crippen LogP contribution in [-0.2, 0) is 11.2 Å². The van der Waals surface area contributed by atoms with E-state index in [-0.39, 0.29) is 18.6 Å². The number of rotatable bonds is 2. The van der Waals surface area contributed by atoms with E-state index < -0.39 is 0 Å². The first-order chi connectivity index (χ1) is 10.7. The highest BCUT2D eigenvalue weighted by atomic mass is 16.7. The maximum absolute atomic E-state index is 12.0. The van der Waals surface area contributed by atoms with Gasteiger partial charge in [-0.1, -0.05) is 31.2 Å². The Morgan fingerprint density at radius 1 is 1.14 bits per heavy atom. The van der Waals surface area contributed by atoms with E-state index in [4.69, 9.17) is 9.47 Å². The minimum Gasteiger partial charge on any atom is -0.454 e. The number of carbonyl (C=O) groups is 1. The van der Waals surface area contributed by atoms with Gasteiger partial charge in [0.05, 0.1) is 0 Å². The van der Waals surface area contributed by atoms with Gasteiger partial charge in [-0.3, -0.25) is 4.79 Å². The second-order valence-corrected chi connectivity index (χ2v) is 5.69. The monoisotopic (exact) mass is 295 g/mol. The average Bonchev–Trinajstić information content (AvgIpc) is 2.99. The number of hydrogen-bond acceptors (Lipinski definition) is 3. The Hall–Kier alpha value is -2.49. The highest BCUT2D eigenvalue weighted by molar-refractivity contribution is 5.96. The van der Waals surface area contributed by atoms with E-state index in [1.165, 1.54) is 5.56 Å². The molecule has 0 saturated carbocycles. The summed E-state index contributed by atoms with van der Waals surface area (Å²) < 4.78 is 10.9. The van der Waals surface area contributed by atoms with Crippen LogP contribution in [0.2, 0.25) is 0 Å². The topological polar surface area (TPSA) is 47.6 Å². The summed E-state index contributed by atoms with van der Waals surface area (Å²) in [5.41, 5.74) is 4.38. The fourth-order valence-electron chi connectivity index (χ4n) is 3.13. The molecule has 1 amide bonds. The number of anilines is 1. The smallest absolute Gasteiger partial charge is 0.231 e. The minimum atomic E-state index is 0.0379. The van der Waals surface area contributed by atoms with Gasteiger partial charge in [-0.05, 0) is 29.2 Å². The molecule has 2 aliphatic rings. The van der Waals surface area contributed by atoms with E-state index in [0.717, 1.165) is 29.0 Å². The number of amides is 1. The third kappa shape index (κ3) is 2.11. The first kappa shape index (κ1) is 13.2. The normalized spacial score (nSPS) is 18.8. The summed E-state index contributed by atoms with van der Waals surface area (Å²) in [4.78, 5) is 12.0. The van der Waals surface area contributed by atoms with Crippen molar-refractivity contribution in [2.24, 2.45) is 0 Å². The fourth-order valence-corrected chi connectivity index (χ4v) is 3.13. The maximum Gasteiger partial charge on any atom is 0.231 e. The molecule has 4 nitrogen and oxygen atoms in total. The van der Waals surface area contributed by atoms with Crippen molar-refractivity contribution in [3.63, 3.8) is 0 Å². The third-order valence-electron chi connectivity index (χ3n) is 4.37. The van der Waals surface area contributed by atoms with Crippen LogP contribution < -0.4 is 14.8 Å². The molecule has 0 spiro atoms. The molecule has 22 heavy (non-hydrogen) atoms. The van der Waals surface area contributed by atoms with Crippen molar-refractivity contribution in [1.82, 2.24) is 0 Å². The number of nitrogens with one attached hydrogen (secondary N) is 1. The lowest BCUT2D eigenvalue weighted by atomic mass is 9.84. The number of hydrogen-bond donors (Lipinski definition) is 1. The molecule has 0 fully saturated rings. The van der Waals surface area contributed by atoms with Crippen molar-refractivity contribution in [3.05, 3.63) is 53.1 Å². The molecule has 0 aromatic heterocycles. The van der Waals surface area contributed by atoms with Crippen LogP contribution in [-0.4, -0.2) is 12.7 Å². The van der Waals surface area contributed by atoms with Gasteiger partial charge < -0.3 is 14.8 Å². The zero-order valence-corrected chi connectivity index (χ0v) is 12.4. The summed E-state index contributed by atoms with van der Waals surface area (Å²) in [5.74, 6) is 1.55. The third-order valence-corrected chi connectivity index (χ3v) is 4.37. The van der Waals surface area contributed by atoms with Gasteiger partial charge in [-0.15, -0.1) is 0 Å². The lowest BCUT2D eigenvalue weighted by Gasteiger charge is -2.26. The lowest BCUT2D eigenvalue weighted by molar-refractivity contribution is -0.116. The van der Waals surface area contributed by atoms with Crippen molar-refractivity contribution >= 4 is 11.6 Å². The van der Waals surface area contributed by atoms with Crippen LogP contribution in [0.4, 0.5) is 5.69 Å². The van der Waals surface area contributed by atoms with E-state index in [9.17, 15) is 4.79 Å². The number of aryl methyl sites for hydroxylation is 1. The molecule has 1 atom stereocenters. The Morgan fingerprint density at radius 2 is 1.86 bits per heavy atom. The molecule has 0 unspecified atom stereocenters. The summed E-state index contributed by atoms with van der Waals surface area (Å²) in [6.07, 6.45) is 1.47. The summed E-state index contributed by atoms with van der Waals surface area (Å²) >= 11 is 0. The van der Waals surface area contributed by atoms with E-state index >= 15 is 0 Å². The Bertz CT molecular complexity index is 737. The standard InChI is InChI=1S/C18H17NO3/c1-2-11-3-5-12(6-4-11)13-8-18(20)19-15-9-17-16(7-14(13)15)21-10-22-17/h3-7,9,13H,2,8,10H2,1H3,(H,19,20)/t13-/m0/s1. The number of carbonyl (C=O) groups excluding carboxylic acids is 1.